The molecule has 0 spiro atoms. The highest BCUT2D eigenvalue weighted by molar-refractivity contribution is 6.73. The molecule has 0 atom stereocenters. The van der Waals surface area contributed by atoms with Gasteiger partial charge in [-0.15, -0.1) is 0 Å². The van der Waals surface area contributed by atoms with Crippen molar-refractivity contribution in [1.82, 2.24) is 4.57 Å². The van der Waals surface area contributed by atoms with Crippen molar-refractivity contribution in [2.24, 2.45) is 0 Å². The van der Waals surface area contributed by atoms with Gasteiger partial charge >= 0.3 is 0 Å². The number of rotatable bonds is 8. The fourth-order valence-electron chi connectivity index (χ4n) is 7.46. The zero-order chi connectivity index (χ0) is 31.3. The minimum absolute atomic E-state index is 0.888. The van der Waals surface area contributed by atoms with E-state index in [9.17, 15) is 0 Å². The van der Waals surface area contributed by atoms with Crippen molar-refractivity contribution in [3.63, 3.8) is 0 Å². The average molecular weight is 606 g/mol. The molecule has 0 fully saturated rings. The van der Waals surface area contributed by atoms with Gasteiger partial charge in [0, 0.05) is 38.6 Å². The molecule has 2 aromatic heterocycles. The summed E-state index contributed by atoms with van der Waals surface area (Å²) in [5, 5.41) is 7.41. The smallest absolute Gasteiger partial charge is 0.247 e. The van der Waals surface area contributed by atoms with Crippen LogP contribution in [0.15, 0.2) is 138 Å². The summed E-state index contributed by atoms with van der Waals surface area (Å²) in [6.45, 7) is 2.26. The average Bonchev–Trinajstić information content (AvgIpc) is 3.67. The molecule has 1 radical (unpaired) electrons. The number of aromatic nitrogens is 1. The Labute approximate surface area is 275 Å². The van der Waals surface area contributed by atoms with E-state index in [0.29, 0.717) is 0 Å². The number of aryl methyl sites for hydroxylation is 1. The van der Waals surface area contributed by atoms with Crippen molar-refractivity contribution in [2.75, 3.05) is 5.32 Å². The minimum atomic E-state index is 0.888. The summed E-state index contributed by atoms with van der Waals surface area (Å²) in [4.78, 5) is 0. The molecule has 1 aliphatic rings. The van der Waals surface area contributed by atoms with Crippen LogP contribution in [-0.4, -0.2) is 11.8 Å². The predicted octanol–water partition coefficient (Wildman–Crippen LogP) is 10.3. The first kappa shape index (κ1) is 27.8. The van der Waals surface area contributed by atoms with E-state index in [1.54, 1.807) is 0 Å². The number of nitrogens with one attached hydrogen (secondary N) is 1. The number of unbranched alkanes of at least 4 members (excludes halogenated alkanes) is 2. The summed E-state index contributed by atoms with van der Waals surface area (Å²) in [6, 6.07) is 48.0. The van der Waals surface area contributed by atoms with Crippen LogP contribution in [0.5, 0.6) is 0 Å². The van der Waals surface area contributed by atoms with Crippen LogP contribution in [0.25, 0.3) is 60.7 Å². The molecule has 0 bridgehead atoms. The van der Waals surface area contributed by atoms with Crippen LogP contribution < -0.4 is 16.4 Å². The van der Waals surface area contributed by atoms with Gasteiger partial charge in [0.2, 0.25) is 7.28 Å². The Morgan fingerprint density at radius 2 is 1.43 bits per heavy atom. The molecule has 3 heterocycles. The van der Waals surface area contributed by atoms with Crippen LogP contribution in [-0.2, 0) is 6.42 Å². The number of hydrogen-bond acceptors (Lipinski definition) is 2. The van der Waals surface area contributed by atoms with Crippen molar-refractivity contribution in [3.8, 4) is 27.9 Å². The van der Waals surface area contributed by atoms with E-state index in [1.165, 1.54) is 68.8 Å². The Kier molecular flexibility index (Phi) is 6.74. The van der Waals surface area contributed by atoms with Gasteiger partial charge in [0.1, 0.15) is 5.58 Å². The summed E-state index contributed by atoms with van der Waals surface area (Å²) < 4.78 is 9.03. The van der Waals surface area contributed by atoms with Gasteiger partial charge in [0.15, 0.2) is 0 Å². The lowest BCUT2D eigenvalue weighted by Crippen LogP contribution is -2.36. The Morgan fingerprint density at radius 1 is 0.681 bits per heavy atom. The Hall–Kier alpha value is -5.48. The maximum Gasteiger partial charge on any atom is 0.247 e. The van der Waals surface area contributed by atoms with Crippen LogP contribution >= 0.6 is 0 Å². The number of anilines is 2. The zero-order valence-electron chi connectivity index (χ0n) is 26.5. The Morgan fingerprint density at radius 3 is 2.28 bits per heavy atom. The number of benzene rings is 6. The second-order valence-electron chi connectivity index (χ2n) is 12.6. The van der Waals surface area contributed by atoms with Crippen molar-refractivity contribution in [3.05, 3.63) is 139 Å². The molecule has 0 aliphatic carbocycles. The minimum Gasteiger partial charge on any atom is -0.469 e. The first-order chi connectivity index (χ1) is 23.3. The van der Waals surface area contributed by atoms with Crippen LogP contribution in [0, 0.1) is 0 Å². The van der Waals surface area contributed by atoms with E-state index in [0.717, 1.165) is 45.7 Å². The second kappa shape index (κ2) is 11.4. The fourth-order valence-corrected chi connectivity index (χ4v) is 7.46. The van der Waals surface area contributed by atoms with Gasteiger partial charge in [-0.1, -0.05) is 111 Å². The quantitative estimate of drug-likeness (QED) is 0.138. The topological polar surface area (TPSA) is 30.1 Å². The van der Waals surface area contributed by atoms with E-state index < -0.39 is 0 Å². The lowest BCUT2D eigenvalue weighted by molar-refractivity contribution is 0.650. The highest BCUT2D eigenvalue weighted by Crippen LogP contribution is 2.43. The van der Waals surface area contributed by atoms with Gasteiger partial charge in [-0.3, -0.25) is 0 Å². The lowest BCUT2D eigenvalue weighted by Gasteiger charge is -2.23. The number of nitrogens with zero attached hydrogens (tertiary/aromatic N) is 1. The summed E-state index contributed by atoms with van der Waals surface area (Å²) >= 11 is 0. The maximum atomic E-state index is 6.58. The van der Waals surface area contributed by atoms with E-state index in [2.05, 4.69) is 151 Å². The van der Waals surface area contributed by atoms with E-state index in [-0.39, 0.29) is 0 Å². The van der Waals surface area contributed by atoms with Gasteiger partial charge in [-0.25, -0.2) is 0 Å². The normalized spacial score (nSPS) is 12.0. The van der Waals surface area contributed by atoms with Crippen molar-refractivity contribution >= 4 is 62.6 Å². The van der Waals surface area contributed by atoms with Gasteiger partial charge < -0.3 is 14.3 Å². The van der Waals surface area contributed by atoms with Gasteiger partial charge in [-0.05, 0) is 83.0 Å². The van der Waals surface area contributed by atoms with Gasteiger partial charge in [-0.2, -0.15) is 0 Å². The van der Waals surface area contributed by atoms with Crippen LogP contribution in [0.1, 0.15) is 31.7 Å². The summed E-state index contributed by atoms with van der Waals surface area (Å²) in [5.74, 6) is 0. The van der Waals surface area contributed by atoms with E-state index >= 15 is 0 Å². The van der Waals surface area contributed by atoms with Gasteiger partial charge in [0.05, 0.1) is 16.9 Å². The second-order valence-corrected chi connectivity index (χ2v) is 12.6. The van der Waals surface area contributed by atoms with E-state index in [1.807, 2.05) is 6.07 Å². The monoisotopic (exact) mass is 605 g/mol. The van der Waals surface area contributed by atoms with Crippen molar-refractivity contribution in [2.45, 2.75) is 32.6 Å². The fraction of sp³-hybridized carbons (Fsp3) is 0.116. The molecule has 1 N–H and O–H groups in total. The molecular weight excluding hydrogens is 571 g/mol. The highest BCUT2D eigenvalue weighted by Gasteiger charge is 2.32. The summed E-state index contributed by atoms with van der Waals surface area (Å²) in [7, 11) is 2.27. The SMILES string of the molecule is CCCCCc1ccc(Nc2ccccc2-c2cc(-c3ccccc3)c3c4ccccc4n4c3c2[B]c2oc3ccccc3c2-4)cc1. The van der Waals surface area contributed by atoms with Crippen molar-refractivity contribution < 1.29 is 4.42 Å². The molecule has 0 unspecified atom stereocenters. The maximum absolute atomic E-state index is 6.58. The molecule has 1 aliphatic heterocycles. The first-order valence-electron chi connectivity index (χ1n) is 16.8. The third-order valence-corrected chi connectivity index (χ3v) is 9.68. The molecule has 47 heavy (non-hydrogen) atoms. The summed E-state index contributed by atoms with van der Waals surface area (Å²) in [6.07, 6.45) is 4.88. The van der Waals surface area contributed by atoms with Crippen LogP contribution in [0.4, 0.5) is 11.4 Å². The lowest BCUT2D eigenvalue weighted by atomic mass is 9.62. The van der Waals surface area contributed by atoms with E-state index in [4.69, 9.17) is 4.42 Å². The summed E-state index contributed by atoms with van der Waals surface area (Å²) in [5.41, 5.74) is 14.8. The predicted molar refractivity (Wildman–Crippen MR) is 199 cm³/mol. The van der Waals surface area contributed by atoms with Crippen molar-refractivity contribution in [1.29, 1.82) is 0 Å². The zero-order valence-corrected chi connectivity index (χ0v) is 26.5. The Bertz CT molecular complexity index is 2420. The van der Waals surface area contributed by atoms with Crippen LogP contribution in [0.3, 0.4) is 0 Å². The molecule has 3 nitrogen and oxygen atoms in total. The molecule has 6 aromatic carbocycles. The number of para-hydroxylation sites is 3. The molecule has 0 saturated carbocycles. The molecule has 0 amide bonds. The largest absolute Gasteiger partial charge is 0.469 e. The molecule has 9 rings (SSSR count). The highest BCUT2D eigenvalue weighted by atomic mass is 16.3. The third-order valence-electron chi connectivity index (χ3n) is 9.68. The molecule has 225 valence electrons. The first-order valence-corrected chi connectivity index (χ1v) is 16.8. The van der Waals surface area contributed by atoms with Gasteiger partial charge in [0.25, 0.3) is 0 Å². The number of furan rings is 1. The molecule has 0 saturated heterocycles. The van der Waals surface area contributed by atoms with Crippen LogP contribution in [0.2, 0.25) is 0 Å². The molecular formula is C43H34BN2O. The number of hydrogen-bond donors (Lipinski definition) is 1. The molecule has 4 heteroatoms. The Balaban J connectivity index is 1.29. The third kappa shape index (κ3) is 4.59. The number of fused-ring (bicyclic) bond motifs is 7. The molecule has 8 aromatic rings. The standard InChI is InChI=1S/C43H34BN2O/c1-2-3-5-14-28-23-25-30(26-24-28)45-36-20-11-8-17-31(36)35-27-34(29-15-6-4-7-16-29)39-32-18-9-12-21-37(32)46-41-33-19-10-13-22-38(33)47-43(41)44-40(35)42(39)46/h4,6-13,15-27,45H,2-3,5,14H2,1H3.